The topological polar surface area (TPSA) is 29.5 Å². The molecule has 0 aliphatic rings. The van der Waals surface area contributed by atoms with Gasteiger partial charge in [-0.3, -0.25) is 0 Å². The largest absolute Gasteiger partial charge is 0.485 e. The van der Waals surface area contributed by atoms with Gasteiger partial charge in [0.05, 0.1) is 6.10 Å². The highest BCUT2D eigenvalue weighted by Crippen LogP contribution is 2.26. The van der Waals surface area contributed by atoms with Gasteiger partial charge in [-0.1, -0.05) is 15.9 Å². The number of aliphatic hydroxyl groups is 1. The Hall–Kier alpha value is -0.680. The summed E-state index contributed by atoms with van der Waals surface area (Å²) in [6.07, 6.45) is -1.36. The lowest BCUT2D eigenvalue weighted by molar-refractivity contribution is 0.0573. The van der Waals surface area contributed by atoms with Gasteiger partial charge in [0.25, 0.3) is 0 Å². The van der Waals surface area contributed by atoms with Crippen LogP contribution in [0.15, 0.2) is 16.6 Å². The van der Waals surface area contributed by atoms with E-state index in [1.807, 2.05) is 0 Å². The zero-order valence-electron chi connectivity index (χ0n) is 8.30. The van der Waals surface area contributed by atoms with Crippen molar-refractivity contribution in [3.63, 3.8) is 0 Å². The average molecular weight is 281 g/mol. The van der Waals surface area contributed by atoms with E-state index in [1.54, 1.807) is 6.92 Å². The summed E-state index contributed by atoms with van der Waals surface area (Å²) in [6.45, 7) is 3.08. The fraction of sp³-hybridized carbons (Fsp3) is 0.400. The summed E-state index contributed by atoms with van der Waals surface area (Å²) in [6, 6.07) is 2.33. The molecule has 2 unspecified atom stereocenters. The van der Waals surface area contributed by atoms with Crippen LogP contribution in [0, 0.1) is 11.6 Å². The van der Waals surface area contributed by atoms with Crippen LogP contribution in [0.4, 0.5) is 8.78 Å². The van der Waals surface area contributed by atoms with E-state index in [-0.39, 0.29) is 5.75 Å². The molecule has 0 heterocycles. The SMILES string of the molecule is CC(O)C(C)Oc1cc(Br)cc(F)c1F. The lowest BCUT2D eigenvalue weighted by atomic mass is 10.2. The molecule has 1 N–H and O–H groups in total. The van der Waals surface area contributed by atoms with Crippen LogP contribution in [0.5, 0.6) is 5.75 Å². The first-order valence-corrected chi connectivity index (χ1v) is 5.20. The number of rotatable bonds is 3. The van der Waals surface area contributed by atoms with Crippen molar-refractivity contribution in [1.29, 1.82) is 0 Å². The summed E-state index contributed by atoms with van der Waals surface area (Å²) >= 11 is 3.02. The number of benzene rings is 1. The summed E-state index contributed by atoms with van der Waals surface area (Å²) in [7, 11) is 0. The number of halogens is 3. The zero-order valence-corrected chi connectivity index (χ0v) is 9.88. The summed E-state index contributed by atoms with van der Waals surface area (Å²) < 4.78 is 31.6. The van der Waals surface area contributed by atoms with Crippen LogP contribution in [0.3, 0.4) is 0 Å². The average Bonchev–Trinajstić information content (AvgIpc) is 2.13. The summed E-state index contributed by atoms with van der Waals surface area (Å²) in [5, 5.41) is 9.16. The molecule has 0 amide bonds. The van der Waals surface area contributed by atoms with Crippen LogP contribution in [0.1, 0.15) is 13.8 Å². The molecule has 5 heteroatoms. The Bertz CT molecular complexity index is 356. The molecule has 0 aliphatic carbocycles. The monoisotopic (exact) mass is 280 g/mol. The van der Waals surface area contributed by atoms with Gasteiger partial charge in [-0.25, -0.2) is 4.39 Å². The van der Waals surface area contributed by atoms with Crippen molar-refractivity contribution in [3.05, 3.63) is 28.2 Å². The first-order valence-electron chi connectivity index (χ1n) is 4.41. The zero-order chi connectivity index (χ0) is 11.6. The van der Waals surface area contributed by atoms with E-state index in [0.717, 1.165) is 6.07 Å². The predicted molar refractivity (Wildman–Crippen MR) is 55.8 cm³/mol. The molecule has 1 aromatic carbocycles. The van der Waals surface area contributed by atoms with Crippen molar-refractivity contribution in [2.45, 2.75) is 26.1 Å². The number of hydrogen-bond donors (Lipinski definition) is 1. The Morgan fingerprint density at radius 2 is 1.93 bits per heavy atom. The molecule has 2 atom stereocenters. The van der Waals surface area contributed by atoms with Gasteiger partial charge in [-0.05, 0) is 26.0 Å². The first kappa shape index (κ1) is 12.4. The van der Waals surface area contributed by atoms with Crippen molar-refractivity contribution in [2.75, 3.05) is 0 Å². The summed E-state index contributed by atoms with van der Waals surface area (Å²) in [5.41, 5.74) is 0. The quantitative estimate of drug-likeness (QED) is 0.863. The van der Waals surface area contributed by atoms with Crippen molar-refractivity contribution in [2.24, 2.45) is 0 Å². The third-order valence-electron chi connectivity index (χ3n) is 1.95. The molecule has 0 radical (unpaired) electrons. The van der Waals surface area contributed by atoms with Crippen LogP contribution in [-0.4, -0.2) is 17.3 Å². The smallest absolute Gasteiger partial charge is 0.200 e. The van der Waals surface area contributed by atoms with Gasteiger partial charge in [-0.15, -0.1) is 0 Å². The molecule has 0 bridgehead atoms. The van der Waals surface area contributed by atoms with Gasteiger partial charge >= 0.3 is 0 Å². The maximum Gasteiger partial charge on any atom is 0.200 e. The van der Waals surface area contributed by atoms with Gasteiger partial charge in [0.2, 0.25) is 5.82 Å². The lowest BCUT2D eigenvalue weighted by Crippen LogP contribution is -2.26. The van der Waals surface area contributed by atoms with E-state index in [9.17, 15) is 8.78 Å². The Morgan fingerprint density at radius 1 is 1.33 bits per heavy atom. The molecule has 84 valence electrons. The predicted octanol–water partition coefficient (Wildman–Crippen LogP) is 2.88. The van der Waals surface area contributed by atoms with Crippen molar-refractivity contribution in [1.82, 2.24) is 0 Å². The van der Waals surface area contributed by atoms with E-state index in [1.165, 1.54) is 13.0 Å². The van der Waals surface area contributed by atoms with E-state index in [0.29, 0.717) is 4.47 Å². The van der Waals surface area contributed by atoms with Crippen LogP contribution in [0.2, 0.25) is 0 Å². The molecule has 0 aliphatic heterocycles. The maximum absolute atomic E-state index is 13.2. The molecule has 0 saturated carbocycles. The fourth-order valence-corrected chi connectivity index (χ4v) is 1.33. The second-order valence-electron chi connectivity index (χ2n) is 3.26. The first-order chi connectivity index (χ1) is 6.91. The minimum atomic E-state index is -1.05. The van der Waals surface area contributed by atoms with E-state index < -0.39 is 23.8 Å². The van der Waals surface area contributed by atoms with Gasteiger partial charge in [0.1, 0.15) is 6.10 Å². The minimum absolute atomic E-state index is 0.213. The van der Waals surface area contributed by atoms with E-state index >= 15 is 0 Å². The highest BCUT2D eigenvalue weighted by atomic mass is 79.9. The maximum atomic E-state index is 13.2. The van der Waals surface area contributed by atoms with E-state index in [2.05, 4.69) is 15.9 Å². The van der Waals surface area contributed by atoms with Gasteiger partial charge in [0.15, 0.2) is 11.6 Å². The molecule has 0 saturated heterocycles. The van der Waals surface area contributed by atoms with Gasteiger partial charge in [-0.2, -0.15) is 4.39 Å². The molecule has 2 nitrogen and oxygen atoms in total. The van der Waals surface area contributed by atoms with E-state index in [4.69, 9.17) is 9.84 Å². The van der Waals surface area contributed by atoms with Crippen LogP contribution in [0.25, 0.3) is 0 Å². The Balaban J connectivity index is 2.94. The third kappa shape index (κ3) is 3.14. The van der Waals surface area contributed by atoms with Crippen molar-refractivity contribution < 1.29 is 18.6 Å². The highest BCUT2D eigenvalue weighted by Gasteiger charge is 2.16. The Kier molecular flexibility index (Phi) is 4.04. The number of hydrogen-bond acceptors (Lipinski definition) is 2. The Morgan fingerprint density at radius 3 is 2.47 bits per heavy atom. The second-order valence-corrected chi connectivity index (χ2v) is 4.18. The third-order valence-corrected chi connectivity index (χ3v) is 2.41. The molecule has 15 heavy (non-hydrogen) atoms. The molecule has 0 aromatic heterocycles. The molecule has 0 spiro atoms. The van der Waals surface area contributed by atoms with Crippen LogP contribution < -0.4 is 4.74 Å². The molecular weight excluding hydrogens is 270 g/mol. The van der Waals surface area contributed by atoms with Gasteiger partial charge in [0, 0.05) is 4.47 Å². The highest BCUT2D eigenvalue weighted by molar-refractivity contribution is 9.10. The summed E-state index contributed by atoms with van der Waals surface area (Å²) in [4.78, 5) is 0. The van der Waals surface area contributed by atoms with Crippen molar-refractivity contribution >= 4 is 15.9 Å². The molecule has 1 rings (SSSR count). The van der Waals surface area contributed by atoms with Gasteiger partial charge < -0.3 is 9.84 Å². The Labute approximate surface area is 95.0 Å². The second kappa shape index (κ2) is 4.90. The standard InChI is InChI=1S/C10H11BrF2O2/c1-5(14)6(2)15-9-4-7(11)3-8(12)10(9)13/h3-6,14H,1-2H3. The molecular formula is C10H11BrF2O2. The number of ether oxygens (including phenoxy) is 1. The summed E-state index contributed by atoms with van der Waals surface area (Å²) in [5.74, 6) is -2.25. The molecule has 0 fully saturated rings. The van der Waals surface area contributed by atoms with Crippen LogP contribution in [-0.2, 0) is 0 Å². The molecule has 1 aromatic rings. The minimum Gasteiger partial charge on any atom is -0.485 e. The lowest BCUT2D eigenvalue weighted by Gasteiger charge is -2.17. The fourth-order valence-electron chi connectivity index (χ4n) is 0.917. The van der Waals surface area contributed by atoms with Crippen LogP contribution >= 0.6 is 15.9 Å². The number of aliphatic hydroxyl groups excluding tert-OH is 1. The van der Waals surface area contributed by atoms with Crippen molar-refractivity contribution in [3.8, 4) is 5.75 Å². The normalized spacial score (nSPS) is 14.8.